The molecule has 1 aromatic rings. The molecule has 86 valence electrons. The number of aromatic amines is 1. The first-order valence-corrected chi connectivity index (χ1v) is 5.48. The van der Waals surface area contributed by atoms with Gasteiger partial charge in [-0.1, -0.05) is 6.07 Å². The summed E-state index contributed by atoms with van der Waals surface area (Å²) in [7, 11) is 0. The molecule has 0 aliphatic heterocycles. The van der Waals surface area contributed by atoms with E-state index in [4.69, 9.17) is 16.4 Å². The number of hydrogen-bond donors (Lipinski definition) is 3. The Labute approximate surface area is 103 Å². The Bertz CT molecular complexity index is 823. The lowest BCUT2D eigenvalue weighted by atomic mass is 10.1. The van der Waals surface area contributed by atoms with Gasteiger partial charge in [0.25, 0.3) is 0 Å². The lowest BCUT2D eigenvalue weighted by molar-refractivity contribution is 1.31. The number of H-pyrrole nitrogens is 1. The minimum atomic E-state index is 0.437. The van der Waals surface area contributed by atoms with Gasteiger partial charge in [-0.25, -0.2) is 0 Å². The molecule has 0 spiro atoms. The van der Waals surface area contributed by atoms with Crippen molar-refractivity contribution in [3.05, 3.63) is 47.4 Å². The minimum absolute atomic E-state index is 0.437. The summed E-state index contributed by atoms with van der Waals surface area (Å²) in [5.74, 6) is 0.548. The topological polar surface area (TPSA) is 89.4 Å². The highest BCUT2D eigenvalue weighted by atomic mass is 14.8. The second-order valence-corrected chi connectivity index (χ2v) is 4.19. The van der Waals surface area contributed by atoms with Gasteiger partial charge in [-0.3, -0.25) is 0 Å². The van der Waals surface area contributed by atoms with Crippen LogP contribution in [0.25, 0.3) is 21.9 Å². The summed E-state index contributed by atoms with van der Waals surface area (Å²) in [6, 6.07) is 11.2. The Morgan fingerprint density at radius 1 is 1.22 bits per heavy atom. The number of nitrogen functional groups attached to an aromatic ring is 1. The molecule has 1 aromatic heterocycles. The van der Waals surface area contributed by atoms with Gasteiger partial charge in [0.1, 0.15) is 5.82 Å². The van der Waals surface area contributed by atoms with Gasteiger partial charge in [-0.05, 0) is 29.8 Å². The normalized spacial score (nSPS) is 10.6. The monoisotopic (exact) mass is 234 g/mol. The quantitative estimate of drug-likeness (QED) is 0.556. The van der Waals surface area contributed by atoms with Gasteiger partial charge >= 0.3 is 0 Å². The van der Waals surface area contributed by atoms with Crippen LogP contribution in [0.1, 0.15) is 5.56 Å². The molecule has 0 atom stereocenters. The smallest absolute Gasteiger partial charge is 0.108 e. The van der Waals surface area contributed by atoms with E-state index in [0.29, 0.717) is 16.7 Å². The number of nitriles is 1. The van der Waals surface area contributed by atoms with Gasteiger partial charge in [0, 0.05) is 22.5 Å². The molecular weight excluding hydrogens is 224 g/mol. The molecule has 0 fully saturated rings. The van der Waals surface area contributed by atoms with Crippen LogP contribution >= 0.6 is 0 Å². The van der Waals surface area contributed by atoms with E-state index in [1.165, 1.54) is 0 Å². The van der Waals surface area contributed by atoms with Gasteiger partial charge in [0.05, 0.1) is 17.0 Å². The molecule has 0 saturated heterocycles. The number of nitrogens with zero attached hydrogens (tertiary/aromatic N) is 1. The van der Waals surface area contributed by atoms with Crippen LogP contribution in [-0.4, -0.2) is 4.98 Å². The molecule has 4 N–H and O–H groups in total. The molecule has 1 heterocycles. The van der Waals surface area contributed by atoms with Crippen molar-refractivity contribution in [3.8, 4) is 17.2 Å². The van der Waals surface area contributed by atoms with Crippen molar-refractivity contribution in [2.75, 3.05) is 5.73 Å². The Kier molecular flexibility index (Phi) is 2.07. The van der Waals surface area contributed by atoms with E-state index < -0.39 is 0 Å². The van der Waals surface area contributed by atoms with Crippen LogP contribution in [0, 0.1) is 16.7 Å². The van der Waals surface area contributed by atoms with Crippen molar-refractivity contribution < 1.29 is 0 Å². The SMILES string of the molecule is N#Cc1cc2ccc(=N)c-2cc2c(N)[nH]cc2c1. The Balaban J connectivity index is 2.58. The highest BCUT2D eigenvalue weighted by Crippen LogP contribution is 2.26. The van der Waals surface area contributed by atoms with Crippen LogP contribution in [0.4, 0.5) is 5.82 Å². The minimum Gasteiger partial charge on any atom is -0.385 e. The summed E-state index contributed by atoms with van der Waals surface area (Å²) in [5.41, 5.74) is 8.09. The maximum Gasteiger partial charge on any atom is 0.108 e. The third-order valence-electron chi connectivity index (χ3n) is 3.05. The summed E-state index contributed by atoms with van der Waals surface area (Å²) in [5, 5.41) is 19.1. The van der Waals surface area contributed by atoms with Crippen LogP contribution in [0.5, 0.6) is 0 Å². The number of aromatic nitrogens is 1. The summed E-state index contributed by atoms with van der Waals surface area (Å²) in [6.07, 6.45) is 1.77. The molecule has 2 aliphatic carbocycles. The fourth-order valence-corrected chi connectivity index (χ4v) is 2.13. The molecular formula is C14H10N4. The molecule has 2 aliphatic rings. The number of nitrogens with two attached hydrogens (primary N) is 1. The molecule has 0 unspecified atom stereocenters. The van der Waals surface area contributed by atoms with Gasteiger partial charge in [0.15, 0.2) is 0 Å². The highest BCUT2D eigenvalue weighted by molar-refractivity contribution is 5.94. The van der Waals surface area contributed by atoms with Crippen LogP contribution in [0.15, 0.2) is 36.5 Å². The third-order valence-corrected chi connectivity index (χ3v) is 3.05. The zero-order valence-corrected chi connectivity index (χ0v) is 9.49. The van der Waals surface area contributed by atoms with Crippen molar-refractivity contribution in [1.82, 2.24) is 4.98 Å². The first-order valence-electron chi connectivity index (χ1n) is 5.48. The first kappa shape index (κ1) is 10.4. The van der Waals surface area contributed by atoms with Crippen molar-refractivity contribution in [2.24, 2.45) is 0 Å². The molecule has 4 nitrogen and oxygen atoms in total. The second kappa shape index (κ2) is 3.60. The zero-order chi connectivity index (χ0) is 12.7. The van der Waals surface area contributed by atoms with Crippen molar-refractivity contribution in [3.63, 3.8) is 0 Å². The number of fused-ring (bicyclic) bond motifs is 2. The van der Waals surface area contributed by atoms with Gasteiger partial charge in [0.2, 0.25) is 0 Å². The lowest BCUT2D eigenvalue weighted by Gasteiger charge is -1.97. The predicted molar refractivity (Wildman–Crippen MR) is 69.9 cm³/mol. The molecule has 0 radical (unpaired) electrons. The highest BCUT2D eigenvalue weighted by Gasteiger charge is 2.07. The molecule has 18 heavy (non-hydrogen) atoms. The summed E-state index contributed by atoms with van der Waals surface area (Å²) in [6.45, 7) is 0. The summed E-state index contributed by atoms with van der Waals surface area (Å²) >= 11 is 0. The summed E-state index contributed by atoms with van der Waals surface area (Å²) in [4.78, 5) is 2.94. The van der Waals surface area contributed by atoms with E-state index in [1.807, 2.05) is 12.1 Å². The second-order valence-electron chi connectivity index (χ2n) is 4.19. The Hall–Kier alpha value is -2.80. The average molecular weight is 234 g/mol. The van der Waals surface area contributed by atoms with Crippen LogP contribution in [0.3, 0.4) is 0 Å². The number of hydrogen-bond acceptors (Lipinski definition) is 3. The molecule has 0 aromatic carbocycles. The van der Waals surface area contributed by atoms with Crippen LogP contribution < -0.4 is 11.1 Å². The maximum atomic E-state index is 9.12. The number of nitrogens with one attached hydrogen (secondary N) is 2. The Morgan fingerprint density at radius 2 is 2.06 bits per heavy atom. The van der Waals surface area contributed by atoms with Crippen LogP contribution in [-0.2, 0) is 0 Å². The zero-order valence-electron chi connectivity index (χ0n) is 9.49. The molecule has 0 bridgehead atoms. The lowest BCUT2D eigenvalue weighted by Crippen LogP contribution is -1.94. The molecule has 0 amide bonds. The van der Waals surface area contributed by atoms with Crippen molar-refractivity contribution in [2.45, 2.75) is 0 Å². The molecule has 0 saturated carbocycles. The van der Waals surface area contributed by atoms with Gasteiger partial charge in [-0.2, -0.15) is 5.26 Å². The molecule has 3 rings (SSSR count). The maximum absolute atomic E-state index is 9.12. The standard InChI is InChI=1S/C14H10N4/c15-6-8-3-9-1-2-13(16)11(9)5-12-10(4-8)7-18-14(12)17/h1-5,7,16,18H,17H2. The van der Waals surface area contributed by atoms with E-state index in [0.717, 1.165) is 21.9 Å². The van der Waals surface area contributed by atoms with Crippen molar-refractivity contribution >= 4 is 16.6 Å². The van der Waals surface area contributed by atoms with E-state index in [1.54, 1.807) is 24.4 Å². The first-order chi connectivity index (χ1) is 8.69. The van der Waals surface area contributed by atoms with E-state index in [2.05, 4.69) is 11.1 Å². The number of rotatable bonds is 0. The van der Waals surface area contributed by atoms with E-state index >= 15 is 0 Å². The summed E-state index contributed by atoms with van der Waals surface area (Å²) < 4.78 is 0. The fraction of sp³-hybridized carbons (Fsp3) is 0. The van der Waals surface area contributed by atoms with Gasteiger partial charge < -0.3 is 16.1 Å². The average Bonchev–Trinajstić information content (AvgIpc) is 2.83. The Morgan fingerprint density at radius 3 is 2.83 bits per heavy atom. The van der Waals surface area contributed by atoms with E-state index in [-0.39, 0.29) is 0 Å². The fourth-order valence-electron chi connectivity index (χ4n) is 2.13. The number of anilines is 1. The third kappa shape index (κ3) is 1.42. The largest absolute Gasteiger partial charge is 0.385 e. The van der Waals surface area contributed by atoms with Crippen molar-refractivity contribution in [1.29, 1.82) is 10.7 Å². The molecule has 4 heteroatoms. The van der Waals surface area contributed by atoms with Gasteiger partial charge in [-0.15, -0.1) is 0 Å². The van der Waals surface area contributed by atoms with E-state index in [9.17, 15) is 0 Å². The van der Waals surface area contributed by atoms with Crippen LogP contribution in [0.2, 0.25) is 0 Å². The predicted octanol–water partition coefficient (Wildman–Crippen LogP) is 2.21.